The van der Waals surface area contributed by atoms with Gasteiger partial charge in [-0.25, -0.2) is 0 Å². The predicted molar refractivity (Wildman–Crippen MR) is 91.0 cm³/mol. The minimum absolute atomic E-state index is 0.0958. The fourth-order valence-corrected chi connectivity index (χ4v) is 4.39. The number of anilines is 3. The summed E-state index contributed by atoms with van der Waals surface area (Å²) in [4.78, 5) is 11.5. The van der Waals surface area contributed by atoms with E-state index in [0.29, 0.717) is 12.5 Å². The Morgan fingerprint density at radius 2 is 2.24 bits per heavy atom. The molecule has 114 valence electrons. The number of amides is 1. The molecule has 5 heteroatoms. The maximum absolute atomic E-state index is 11.5. The summed E-state index contributed by atoms with van der Waals surface area (Å²) in [7, 11) is 0. The van der Waals surface area contributed by atoms with Gasteiger partial charge in [0.05, 0.1) is 11.4 Å². The highest BCUT2D eigenvalue weighted by Crippen LogP contribution is 2.35. The predicted octanol–water partition coefficient (Wildman–Crippen LogP) is 3.24. The monoisotopic (exact) mass is 305 g/mol. The molecule has 1 amide bonds. The zero-order valence-electron chi connectivity index (χ0n) is 12.4. The maximum Gasteiger partial charge on any atom is 0.224 e. The lowest BCUT2D eigenvalue weighted by Crippen LogP contribution is -2.21. The topological polar surface area (TPSA) is 67.1 Å². The van der Waals surface area contributed by atoms with Crippen LogP contribution in [0.15, 0.2) is 12.1 Å². The quantitative estimate of drug-likeness (QED) is 0.747. The number of carbonyl (C=O) groups excluding carboxylic acids is 1. The molecule has 1 aromatic carbocycles. The van der Waals surface area contributed by atoms with Crippen LogP contribution in [0.2, 0.25) is 0 Å². The molecule has 1 aliphatic heterocycles. The third-order valence-electron chi connectivity index (χ3n) is 4.32. The van der Waals surface area contributed by atoms with Crippen molar-refractivity contribution in [1.29, 1.82) is 0 Å². The van der Waals surface area contributed by atoms with E-state index in [0.717, 1.165) is 34.3 Å². The minimum Gasteiger partial charge on any atom is -0.397 e. The molecule has 2 aliphatic rings. The molecule has 0 saturated heterocycles. The molecule has 0 radical (unpaired) electrons. The normalized spacial score (nSPS) is 24.5. The summed E-state index contributed by atoms with van der Waals surface area (Å²) >= 11 is 2.05. The summed E-state index contributed by atoms with van der Waals surface area (Å²) in [5.41, 5.74) is 9.98. The van der Waals surface area contributed by atoms with Crippen LogP contribution in [-0.2, 0) is 11.2 Å². The molecular weight excluding hydrogens is 282 g/mol. The molecule has 0 spiro atoms. The molecule has 1 heterocycles. The molecule has 4 nitrogen and oxygen atoms in total. The van der Waals surface area contributed by atoms with E-state index in [1.807, 2.05) is 12.1 Å². The molecule has 0 aromatic heterocycles. The van der Waals surface area contributed by atoms with Gasteiger partial charge >= 0.3 is 0 Å². The number of nitrogens with two attached hydrogens (primary N) is 1. The second-order valence-corrected chi connectivity index (χ2v) is 7.45. The molecule has 3 rings (SSSR count). The van der Waals surface area contributed by atoms with Crippen molar-refractivity contribution < 1.29 is 4.79 Å². The van der Waals surface area contributed by atoms with Gasteiger partial charge in [0.2, 0.25) is 5.91 Å². The zero-order valence-corrected chi connectivity index (χ0v) is 13.3. The van der Waals surface area contributed by atoms with E-state index in [1.54, 1.807) is 0 Å². The van der Waals surface area contributed by atoms with Crippen LogP contribution in [-0.4, -0.2) is 23.0 Å². The van der Waals surface area contributed by atoms with Crippen molar-refractivity contribution >= 4 is 34.7 Å². The number of aryl methyl sites for hydroxylation is 1. The van der Waals surface area contributed by atoms with Crippen molar-refractivity contribution in [2.24, 2.45) is 0 Å². The van der Waals surface area contributed by atoms with Crippen molar-refractivity contribution in [3.8, 4) is 0 Å². The van der Waals surface area contributed by atoms with Crippen LogP contribution < -0.4 is 16.4 Å². The van der Waals surface area contributed by atoms with Crippen LogP contribution in [0.5, 0.6) is 0 Å². The number of rotatable bonds is 4. The number of thioether (sulfide) groups is 1. The Morgan fingerprint density at radius 3 is 3.05 bits per heavy atom. The Kier molecular flexibility index (Phi) is 4.29. The van der Waals surface area contributed by atoms with Gasteiger partial charge in [-0.1, -0.05) is 6.92 Å². The Hall–Kier alpha value is -1.36. The second-order valence-electron chi connectivity index (χ2n) is 5.88. The molecule has 1 aliphatic carbocycles. The van der Waals surface area contributed by atoms with Gasteiger partial charge in [-0.05, 0) is 49.1 Å². The molecule has 21 heavy (non-hydrogen) atoms. The van der Waals surface area contributed by atoms with Crippen molar-refractivity contribution in [2.45, 2.75) is 50.3 Å². The van der Waals surface area contributed by atoms with Crippen molar-refractivity contribution in [1.82, 2.24) is 0 Å². The average Bonchev–Trinajstić information content (AvgIpc) is 2.88. The highest BCUT2D eigenvalue weighted by molar-refractivity contribution is 7.99. The molecule has 1 fully saturated rings. The van der Waals surface area contributed by atoms with Gasteiger partial charge in [0.1, 0.15) is 0 Å². The van der Waals surface area contributed by atoms with Crippen LogP contribution in [0.3, 0.4) is 0 Å². The average molecular weight is 305 g/mol. The molecule has 1 saturated carbocycles. The Bertz CT molecular complexity index is 547. The number of fused-ring (bicyclic) bond motifs is 1. The summed E-state index contributed by atoms with van der Waals surface area (Å²) < 4.78 is 0. The summed E-state index contributed by atoms with van der Waals surface area (Å²) in [5.74, 6) is 1.28. The lowest BCUT2D eigenvalue weighted by Gasteiger charge is -2.22. The minimum atomic E-state index is 0.0958. The number of hydrogen-bond donors (Lipinski definition) is 3. The molecule has 2 atom stereocenters. The van der Waals surface area contributed by atoms with Gasteiger partial charge in [0.15, 0.2) is 0 Å². The van der Waals surface area contributed by atoms with E-state index in [4.69, 9.17) is 5.73 Å². The van der Waals surface area contributed by atoms with Gasteiger partial charge in [-0.15, -0.1) is 0 Å². The first-order valence-electron chi connectivity index (χ1n) is 7.76. The molecule has 0 bridgehead atoms. The Balaban J connectivity index is 1.71. The summed E-state index contributed by atoms with van der Waals surface area (Å²) in [6, 6.07) is 4.50. The van der Waals surface area contributed by atoms with Crippen molar-refractivity contribution in [3.05, 3.63) is 17.7 Å². The fourth-order valence-electron chi connectivity index (χ4n) is 3.25. The first-order chi connectivity index (χ1) is 10.2. The third-order valence-corrected chi connectivity index (χ3v) is 5.55. The number of nitrogen functional groups attached to an aromatic ring is 1. The van der Waals surface area contributed by atoms with E-state index in [2.05, 4.69) is 29.3 Å². The number of carbonyl (C=O) groups is 1. The maximum atomic E-state index is 11.5. The van der Waals surface area contributed by atoms with Crippen LogP contribution in [0.1, 0.15) is 38.2 Å². The number of hydrogen-bond acceptors (Lipinski definition) is 4. The standard InChI is InChI=1S/C16H23N3OS/c1-2-21-12-5-4-11(8-12)18-15-9-14-10(7-13(15)17)3-6-16(20)19-14/h7,9,11-12,18H,2-6,8,17H2,1H3,(H,19,20). The Morgan fingerprint density at radius 1 is 1.38 bits per heavy atom. The SMILES string of the molecule is CCSC1CCC(Nc2cc3c(cc2N)CCC(=O)N3)C1. The molecule has 2 unspecified atom stereocenters. The van der Waals surface area contributed by atoms with Gasteiger partial charge in [0, 0.05) is 23.4 Å². The zero-order chi connectivity index (χ0) is 14.8. The largest absolute Gasteiger partial charge is 0.397 e. The molecule has 4 N–H and O–H groups in total. The highest BCUT2D eigenvalue weighted by atomic mass is 32.2. The first-order valence-corrected chi connectivity index (χ1v) is 8.81. The van der Waals surface area contributed by atoms with E-state index in [1.165, 1.54) is 25.0 Å². The van der Waals surface area contributed by atoms with Gasteiger partial charge in [-0.3, -0.25) is 4.79 Å². The summed E-state index contributed by atoms with van der Waals surface area (Å²) in [5, 5.41) is 7.29. The van der Waals surface area contributed by atoms with Gasteiger partial charge in [0.25, 0.3) is 0 Å². The number of nitrogens with one attached hydrogen (secondary N) is 2. The Labute approximate surface area is 130 Å². The smallest absolute Gasteiger partial charge is 0.224 e. The van der Waals surface area contributed by atoms with E-state index < -0.39 is 0 Å². The lowest BCUT2D eigenvalue weighted by molar-refractivity contribution is -0.116. The first kappa shape index (κ1) is 14.6. The third kappa shape index (κ3) is 3.28. The fraction of sp³-hybridized carbons (Fsp3) is 0.562. The highest BCUT2D eigenvalue weighted by Gasteiger charge is 2.25. The van der Waals surface area contributed by atoms with E-state index in [-0.39, 0.29) is 5.91 Å². The van der Waals surface area contributed by atoms with E-state index in [9.17, 15) is 4.79 Å². The van der Waals surface area contributed by atoms with Gasteiger partial charge < -0.3 is 16.4 Å². The molecular formula is C16H23N3OS. The second kappa shape index (κ2) is 6.18. The van der Waals surface area contributed by atoms with Crippen LogP contribution in [0.25, 0.3) is 0 Å². The van der Waals surface area contributed by atoms with E-state index >= 15 is 0 Å². The van der Waals surface area contributed by atoms with Crippen LogP contribution in [0.4, 0.5) is 17.1 Å². The van der Waals surface area contributed by atoms with Crippen molar-refractivity contribution in [3.63, 3.8) is 0 Å². The van der Waals surface area contributed by atoms with Crippen LogP contribution in [0, 0.1) is 0 Å². The molecule has 1 aromatic rings. The number of benzene rings is 1. The summed E-state index contributed by atoms with van der Waals surface area (Å²) in [6.45, 7) is 2.22. The van der Waals surface area contributed by atoms with Gasteiger partial charge in [-0.2, -0.15) is 11.8 Å². The van der Waals surface area contributed by atoms with Crippen LogP contribution >= 0.6 is 11.8 Å². The lowest BCUT2D eigenvalue weighted by atomic mass is 10.0. The van der Waals surface area contributed by atoms with Crippen molar-refractivity contribution in [2.75, 3.05) is 22.1 Å². The summed E-state index contributed by atoms with van der Waals surface area (Å²) in [6.07, 6.45) is 5.00.